The van der Waals surface area contributed by atoms with Crippen LogP contribution in [0.25, 0.3) is 0 Å². The number of aromatic amines is 1. The average Bonchev–Trinajstić information content (AvgIpc) is 3.03. The highest BCUT2D eigenvalue weighted by Gasteiger charge is 2.24. The van der Waals surface area contributed by atoms with Crippen molar-refractivity contribution in [3.05, 3.63) is 76.0 Å². The van der Waals surface area contributed by atoms with Crippen LogP contribution < -0.4 is 15.2 Å². The van der Waals surface area contributed by atoms with E-state index in [0.29, 0.717) is 17.9 Å². The van der Waals surface area contributed by atoms with Crippen molar-refractivity contribution in [3.8, 4) is 11.5 Å². The van der Waals surface area contributed by atoms with Crippen LogP contribution in [-0.2, 0) is 13.1 Å². The summed E-state index contributed by atoms with van der Waals surface area (Å²) in [5, 5.41) is 6.39. The number of nitrogens with one attached hydrogen (secondary N) is 1. The van der Waals surface area contributed by atoms with E-state index in [-0.39, 0.29) is 5.56 Å². The molecule has 1 aromatic carbocycles. The van der Waals surface area contributed by atoms with Gasteiger partial charge in [0.25, 0.3) is 5.56 Å². The number of aromatic nitrogens is 3. The summed E-state index contributed by atoms with van der Waals surface area (Å²) < 4.78 is 5.99. The zero-order valence-electron chi connectivity index (χ0n) is 13.2. The van der Waals surface area contributed by atoms with Crippen LogP contribution in [0.15, 0.2) is 53.7 Å². The zero-order chi connectivity index (χ0) is 16.5. The maximum atomic E-state index is 11.8. The molecular formula is C18H16N4O2. The molecule has 0 aliphatic carbocycles. The SMILES string of the molecule is Cc1c(N2Cc3cccc(Oc4cccnc4)c3C2)cn[nH]c1=O. The van der Waals surface area contributed by atoms with Crippen molar-refractivity contribution in [2.75, 3.05) is 4.90 Å². The van der Waals surface area contributed by atoms with Gasteiger partial charge in [0, 0.05) is 30.4 Å². The Morgan fingerprint density at radius 2 is 2.08 bits per heavy atom. The van der Waals surface area contributed by atoms with Crippen LogP contribution in [0.2, 0.25) is 0 Å². The van der Waals surface area contributed by atoms with E-state index in [1.54, 1.807) is 18.6 Å². The van der Waals surface area contributed by atoms with E-state index in [1.807, 2.05) is 31.2 Å². The van der Waals surface area contributed by atoms with Crippen molar-refractivity contribution in [3.63, 3.8) is 0 Å². The highest BCUT2D eigenvalue weighted by atomic mass is 16.5. The van der Waals surface area contributed by atoms with Gasteiger partial charge in [0.15, 0.2) is 0 Å². The molecule has 0 spiro atoms. The molecule has 1 aliphatic heterocycles. The minimum atomic E-state index is -0.157. The van der Waals surface area contributed by atoms with Gasteiger partial charge in [0.2, 0.25) is 0 Å². The second-order valence-electron chi connectivity index (χ2n) is 5.75. The van der Waals surface area contributed by atoms with Crippen LogP contribution >= 0.6 is 0 Å². The third kappa shape index (κ3) is 2.52. The molecule has 0 radical (unpaired) electrons. The fourth-order valence-electron chi connectivity index (χ4n) is 2.96. The van der Waals surface area contributed by atoms with Crippen LogP contribution in [0.3, 0.4) is 0 Å². The average molecular weight is 320 g/mol. The van der Waals surface area contributed by atoms with E-state index in [9.17, 15) is 4.79 Å². The molecule has 0 saturated heterocycles. The predicted molar refractivity (Wildman–Crippen MR) is 90.2 cm³/mol. The van der Waals surface area contributed by atoms with Crippen LogP contribution in [0, 0.1) is 6.92 Å². The Morgan fingerprint density at radius 3 is 2.92 bits per heavy atom. The Morgan fingerprint density at radius 1 is 1.17 bits per heavy atom. The van der Waals surface area contributed by atoms with Crippen molar-refractivity contribution >= 4 is 5.69 Å². The summed E-state index contributed by atoms with van der Waals surface area (Å²) in [7, 11) is 0. The van der Waals surface area contributed by atoms with Gasteiger partial charge in [-0.3, -0.25) is 9.78 Å². The molecule has 6 nitrogen and oxygen atoms in total. The Labute approximate surface area is 138 Å². The first kappa shape index (κ1) is 14.4. The van der Waals surface area contributed by atoms with Crippen LogP contribution in [0.4, 0.5) is 5.69 Å². The van der Waals surface area contributed by atoms with Crippen molar-refractivity contribution in [2.45, 2.75) is 20.0 Å². The molecule has 0 bridgehead atoms. The maximum Gasteiger partial charge on any atom is 0.269 e. The number of anilines is 1. The third-order valence-corrected chi connectivity index (χ3v) is 4.22. The minimum Gasteiger partial charge on any atom is -0.455 e. The number of hydrogen-bond donors (Lipinski definition) is 1. The highest BCUT2D eigenvalue weighted by molar-refractivity contribution is 5.57. The van der Waals surface area contributed by atoms with E-state index < -0.39 is 0 Å². The molecule has 2 aromatic heterocycles. The van der Waals surface area contributed by atoms with Crippen molar-refractivity contribution in [1.29, 1.82) is 0 Å². The van der Waals surface area contributed by atoms with Crippen LogP contribution in [-0.4, -0.2) is 15.2 Å². The molecule has 1 aliphatic rings. The molecule has 4 rings (SSSR count). The highest BCUT2D eigenvalue weighted by Crippen LogP contribution is 2.36. The van der Waals surface area contributed by atoms with Crippen molar-refractivity contribution in [1.82, 2.24) is 15.2 Å². The normalized spacial score (nSPS) is 13.0. The summed E-state index contributed by atoms with van der Waals surface area (Å²) in [6, 6.07) is 9.75. The number of hydrogen-bond acceptors (Lipinski definition) is 5. The summed E-state index contributed by atoms with van der Waals surface area (Å²) >= 11 is 0. The largest absolute Gasteiger partial charge is 0.455 e. The molecule has 120 valence electrons. The van der Waals surface area contributed by atoms with E-state index in [2.05, 4.69) is 26.1 Å². The number of fused-ring (bicyclic) bond motifs is 1. The van der Waals surface area contributed by atoms with Crippen LogP contribution in [0.1, 0.15) is 16.7 Å². The summed E-state index contributed by atoms with van der Waals surface area (Å²) in [6.07, 6.45) is 5.11. The topological polar surface area (TPSA) is 71.1 Å². The Balaban J connectivity index is 1.66. The number of H-pyrrole nitrogens is 1. The lowest BCUT2D eigenvalue weighted by atomic mass is 10.1. The summed E-state index contributed by atoms with van der Waals surface area (Å²) in [5.74, 6) is 1.52. The first-order chi connectivity index (χ1) is 11.7. The molecule has 3 heterocycles. The Kier molecular flexibility index (Phi) is 3.49. The van der Waals surface area contributed by atoms with Gasteiger partial charge in [-0.2, -0.15) is 5.10 Å². The molecular weight excluding hydrogens is 304 g/mol. The summed E-state index contributed by atoms with van der Waals surface area (Å²) in [5.41, 5.74) is 3.68. The lowest BCUT2D eigenvalue weighted by Gasteiger charge is -2.18. The predicted octanol–water partition coefficient (Wildman–Crippen LogP) is 2.79. The van der Waals surface area contributed by atoms with Crippen molar-refractivity contribution < 1.29 is 4.74 Å². The number of pyridine rings is 1. The molecule has 3 aromatic rings. The fourth-order valence-corrected chi connectivity index (χ4v) is 2.96. The number of nitrogens with zero attached hydrogens (tertiary/aromatic N) is 3. The molecule has 1 N–H and O–H groups in total. The van der Waals surface area contributed by atoms with Gasteiger partial charge in [0.05, 0.1) is 18.1 Å². The van der Waals surface area contributed by atoms with Gasteiger partial charge in [-0.15, -0.1) is 0 Å². The second-order valence-corrected chi connectivity index (χ2v) is 5.75. The van der Waals surface area contributed by atoms with Gasteiger partial charge in [0.1, 0.15) is 11.5 Å². The number of benzene rings is 1. The molecule has 6 heteroatoms. The Bertz CT molecular complexity index is 937. The maximum absolute atomic E-state index is 11.8. The van der Waals surface area contributed by atoms with E-state index in [1.165, 1.54) is 5.56 Å². The van der Waals surface area contributed by atoms with Gasteiger partial charge < -0.3 is 9.64 Å². The molecule has 0 fully saturated rings. The number of ether oxygens (including phenoxy) is 1. The lowest BCUT2D eigenvalue weighted by molar-refractivity contribution is 0.475. The van der Waals surface area contributed by atoms with E-state index in [4.69, 9.17) is 4.74 Å². The zero-order valence-corrected chi connectivity index (χ0v) is 13.2. The van der Waals surface area contributed by atoms with Gasteiger partial charge >= 0.3 is 0 Å². The quantitative estimate of drug-likeness (QED) is 0.803. The van der Waals surface area contributed by atoms with E-state index in [0.717, 1.165) is 23.5 Å². The standard InChI is InChI=1S/C18H16N4O2/c1-12-16(9-20-21-18(12)23)22-10-13-4-2-6-17(15(13)11-22)24-14-5-3-7-19-8-14/h2-9H,10-11H2,1H3,(H,21,23). The molecule has 0 saturated carbocycles. The number of rotatable bonds is 3. The molecule has 0 atom stereocenters. The molecule has 0 amide bonds. The Hall–Kier alpha value is -3.15. The lowest BCUT2D eigenvalue weighted by Crippen LogP contribution is -2.21. The first-order valence-electron chi connectivity index (χ1n) is 7.70. The monoisotopic (exact) mass is 320 g/mol. The van der Waals surface area contributed by atoms with Crippen molar-refractivity contribution in [2.24, 2.45) is 0 Å². The molecule has 24 heavy (non-hydrogen) atoms. The van der Waals surface area contributed by atoms with E-state index >= 15 is 0 Å². The summed E-state index contributed by atoms with van der Waals surface area (Å²) in [6.45, 7) is 3.22. The fraction of sp³-hybridized carbons (Fsp3) is 0.167. The van der Waals surface area contributed by atoms with Crippen LogP contribution in [0.5, 0.6) is 11.5 Å². The minimum absolute atomic E-state index is 0.157. The smallest absolute Gasteiger partial charge is 0.269 e. The second kappa shape index (κ2) is 5.81. The molecule has 0 unspecified atom stereocenters. The van der Waals surface area contributed by atoms with Gasteiger partial charge in [-0.1, -0.05) is 12.1 Å². The van der Waals surface area contributed by atoms with Gasteiger partial charge in [-0.25, -0.2) is 5.10 Å². The third-order valence-electron chi connectivity index (χ3n) is 4.22. The van der Waals surface area contributed by atoms with Gasteiger partial charge in [-0.05, 0) is 30.7 Å². The summed E-state index contributed by atoms with van der Waals surface area (Å²) in [4.78, 5) is 18.0. The first-order valence-corrected chi connectivity index (χ1v) is 7.70.